The van der Waals surface area contributed by atoms with E-state index in [1.165, 1.54) is 22.2 Å². The Labute approximate surface area is 175 Å². The third-order valence-corrected chi connectivity index (χ3v) is 6.16. The van der Waals surface area contributed by atoms with Gasteiger partial charge >= 0.3 is 6.03 Å². The van der Waals surface area contributed by atoms with Gasteiger partial charge < -0.3 is 20.2 Å². The van der Waals surface area contributed by atoms with Crippen LogP contribution in [0.4, 0.5) is 4.79 Å². The van der Waals surface area contributed by atoms with Crippen LogP contribution in [0.3, 0.4) is 0 Å². The van der Waals surface area contributed by atoms with Crippen molar-refractivity contribution in [3.05, 3.63) is 65.1 Å². The van der Waals surface area contributed by atoms with Crippen molar-refractivity contribution < 1.29 is 4.79 Å². The molecule has 1 atom stereocenters. The molecule has 2 amide bonds. The maximum atomic E-state index is 12.9. The summed E-state index contributed by atoms with van der Waals surface area (Å²) in [6.45, 7) is 5.55. The fraction of sp³-hybridized carbons (Fsp3) is 0.333. The van der Waals surface area contributed by atoms with E-state index in [1.807, 2.05) is 17.0 Å². The quantitative estimate of drug-likeness (QED) is 0.461. The Hall–Kier alpha value is -3.28. The molecule has 2 aromatic carbocycles. The summed E-state index contributed by atoms with van der Waals surface area (Å²) in [6, 6.07) is 14.5. The lowest BCUT2D eigenvalue weighted by molar-refractivity contribution is 0.191. The molecule has 6 heteroatoms. The Morgan fingerprint density at radius 3 is 2.93 bits per heavy atom. The first-order valence-electron chi connectivity index (χ1n) is 10.7. The van der Waals surface area contributed by atoms with E-state index in [0.29, 0.717) is 6.54 Å². The Bertz CT molecular complexity index is 1220. The van der Waals surface area contributed by atoms with Crippen molar-refractivity contribution >= 4 is 28.0 Å². The van der Waals surface area contributed by atoms with Gasteiger partial charge in [0.2, 0.25) is 0 Å². The molecule has 1 unspecified atom stereocenters. The molecule has 0 spiro atoms. The molecule has 1 saturated heterocycles. The van der Waals surface area contributed by atoms with Crippen molar-refractivity contribution in [2.24, 2.45) is 0 Å². The molecular formula is C24H27N5O. The molecule has 1 aliphatic heterocycles. The molecule has 1 fully saturated rings. The van der Waals surface area contributed by atoms with Gasteiger partial charge in [-0.2, -0.15) is 0 Å². The maximum Gasteiger partial charge on any atom is 0.318 e. The second-order valence-electron chi connectivity index (χ2n) is 8.25. The van der Waals surface area contributed by atoms with Gasteiger partial charge in [-0.3, -0.25) is 0 Å². The van der Waals surface area contributed by atoms with Gasteiger partial charge in [-0.1, -0.05) is 24.3 Å². The number of carbonyl (C=O) groups is 1. The number of likely N-dealkylation sites (tertiary alicyclic amines) is 1. The number of para-hydroxylation sites is 1. The molecule has 154 valence electrons. The number of nitrogens with one attached hydrogen (secondary N) is 3. The van der Waals surface area contributed by atoms with Crippen molar-refractivity contribution in [1.29, 1.82) is 0 Å². The van der Waals surface area contributed by atoms with Crippen molar-refractivity contribution in [3.63, 3.8) is 0 Å². The first kappa shape index (κ1) is 18.7. The van der Waals surface area contributed by atoms with Gasteiger partial charge in [0.15, 0.2) is 0 Å². The van der Waals surface area contributed by atoms with Crippen LogP contribution in [-0.4, -0.2) is 39.0 Å². The number of fused-ring (bicyclic) bond motifs is 2. The van der Waals surface area contributed by atoms with Crippen LogP contribution in [0.1, 0.15) is 41.5 Å². The third kappa shape index (κ3) is 3.32. The van der Waals surface area contributed by atoms with Gasteiger partial charge in [0, 0.05) is 29.7 Å². The van der Waals surface area contributed by atoms with Gasteiger partial charge in [-0.25, -0.2) is 9.78 Å². The number of nitrogens with zero attached hydrogens (tertiary/aromatic N) is 2. The molecule has 6 nitrogen and oxygen atoms in total. The highest BCUT2D eigenvalue weighted by molar-refractivity contribution is 5.84. The van der Waals surface area contributed by atoms with E-state index in [4.69, 9.17) is 4.98 Å². The molecule has 30 heavy (non-hydrogen) atoms. The second-order valence-corrected chi connectivity index (χ2v) is 8.25. The number of imidazole rings is 1. The van der Waals surface area contributed by atoms with Crippen LogP contribution in [0, 0.1) is 13.8 Å². The lowest BCUT2D eigenvalue weighted by Gasteiger charge is -2.23. The zero-order valence-corrected chi connectivity index (χ0v) is 17.5. The van der Waals surface area contributed by atoms with Crippen LogP contribution in [0.5, 0.6) is 0 Å². The maximum absolute atomic E-state index is 12.9. The van der Waals surface area contributed by atoms with Gasteiger partial charge in [0.05, 0.1) is 17.1 Å². The van der Waals surface area contributed by atoms with Crippen LogP contribution in [0.2, 0.25) is 0 Å². The zero-order chi connectivity index (χ0) is 20.7. The molecule has 1 aliphatic rings. The zero-order valence-electron chi connectivity index (χ0n) is 17.5. The van der Waals surface area contributed by atoms with E-state index in [0.717, 1.165) is 48.2 Å². The molecular weight excluding hydrogens is 374 g/mol. The Kier molecular flexibility index (Phi) is 4.69. The summed E-state index contributed by atoms with van der Waals surface area (Å²) >= 11 is 0. The number of aromatic nitrogens is 3. The second kappa shape index (κ2) is 7.52. The van der Waals surface area contributed by atoms with Gasteiger partial charge in [0.1, 0.15) is 5.82 Å². The number of H-pyrrole nitrogens is 2. The van der Waals surface area contributed by atoms with Crippen LogP contribution in [-0.2, 0) is 6.42 Å². The molecule has 0 aliphatic carbocycles. The van der Waals surface area contributed by atoms with E-state index in [9.17, 15) is 4.79 Å². The van der Waals surface area contributed by atoms with Gasteiger partial charge in [0.25, 0.3) is 0 Å². The summed E-state index contributed by atoms with van der Waals surface area (Å²) in [5.41, 5.74) is 6.78. The highest BCUT2D eigenvalue weighted by atomic mass is 16.2. The normalized spacial score (nSPS) is 16.6. The number of amides is 2. The van der Waals surface area contributed by atoms with Crippen molar-refractivity contribution in [2.75, 3.05) is 13.1 Å². The first-order valence-corrected chi connectivity index (χ1v) is 10.7. The van der Waals surface area contributed by atoms with Crippen LogP contribution >= 0.6 is 0 Å². The number of urea groups is 1. The molecule has 2 aromatic heterocycles. The standard InChI is InChI=1S/C24H27N5O/c1-15-9-10-20-21(14-15)28-23(27-20)22-8-5-13-29(22)24(30)25-12-11-17-16(2)26-19-7-4-3-6-18(17)19/h3-4,6-7,9-10,14,22,26H,5,8,11-13H2,1-2H3,(H,25,30)(H,27,28). The fourth-order valence-electron chi connectivity index (χ4n) is 4.65. The molecule has 3 N–H and O–H groups in total. The SMILES string of the molecule is Cc1ccc2nc(C3CCCN3C(=O)NCCc3c(C)[nH]c4ccccc34)[nH]c2c1. The average molecular weight is 402 g/mol. The number of rotatable bonds is 4. The number of hydrogen-bond acceptors (Lipinski definition) is 2. The topological polar surface area (TPSA) is 76.8 Å². The predicted octanol–water partition coefficient (Wildman–Crippen LogP) is 4.75. The predicted molar refractivity (Wildman–Crippen MR) is 120 cm³/mol. The van der Waals surface area contributed by atoms with E-state index < -0.39 is 0 Å². The molecule has 4 aromatic rings. The molecule has 0 saturated carbocycles. The highest BCUT2D eigenvalue weighted by Gasteiger charge is 2.32. The monoisotopic (exact) mass is 401 g/mol. The van der Waals surface area contributed by atoms with E-state index in [2.05, 4.69) is 59.5 Å². The number of aryl methyl sites for hydroxylation is 2. The molecule has 5 rings (SSSR count). The van der Waals surface area contributed by atoms with E-state index in [-0.39, 0.29) is 12.1 Å². The smallest absolute Gasteiger partial charge is 0.318 e. The van der Waals surface area contributed by atoms with Crippen molar-refractivity contribution in [1.82, 2.24) is 25.2 Å². The number of aromatic amines is 2. The third-order valence-electron chi connectivity index (χ3n) is 6.16. The highest BCUT2D eigenvalue weighted by Crippen LogP contribution is 2.31. The Morgan fingerprint density at radius 2 is 2.03 bits per heavy atom. The number of carbonyl (C=O) groups excluding carboxylic acids is 1. The molecule has 0 radical (unpaired) electrons. The van der Waals surface area contributed by atoms with Crippen LogP contribution in [0.25, 0.3) is 21.9 Å². The lowest BCUT2D eigenvalue weighted by Crippen LogP contribution is -2.40. The molecule has 3 heterocycles. The van der Waals surface area contributed by atoms with Crippen molar-refractivity contribution in [3.8, 4) is 0 Å². The fourth-order valence-corrected chi connectivity index (χ4v) is 4.65. The van der Waals surface area contributed by atoms with Crippen LogP contribution < -0.4 is 5.32 Å². The van der Waals surface area contributed by atoms with E-state index in [1.54, 1.807) is 0 Å². The summed E-state index contributed by atoms with van der Waals surface area (Å²) in [6.07, 6.45) is 2.74. The summed E-state index contributed by atoms with van der Waals surface area (Å²) in [4.78, 5) is 26.5. The minimum absolute atomic E-state index is 0.00697. The first-order chi connectivity index (χ1) is 14.6. The van der Waals surface area contributed by atoms with Gasteiger partial charge in [-0.15, -0.1) is 0 Å². The van der Waals surface area contributed by atoms with E-state index >= 15 is 0 Å². The minimum Gasteiger partial charge on any atom is -0.358 e. The number of benzene rings is 2. The van der Waals surface area contributed by atoms with Gasteiger partial charge in [-0.05, 0) is 62.4 Å². The average Bonchev–Trinajstić information content (AvgIpc) is 3.44. The minimum atomic E-state index is -0.00775. The number of hydrogen-bond donors (Lipinski definition) is 3. The van der Waals surface area contributed by atoms with Crippen LogP contribution in [0.15, 0.2) is 42.5 Å². The lowest BCUT2D eigenvalue weighted by atomic mass is 10.1. The Morgan fingerprint density at radius 1 is 1.17 bits per heavy atom. The van der Waals surface area contributed by atoms with Crippen molar-refractivity contribution in [2.45, 2.75) is 39.2 Å². The summed E-state index contributed by atoms with van der Waals surface area (Å²) in [5.74, 6) is 0.885. The molecule has 0 bridgehead atoms. The largest absolute Gasteiger partial charge is 0.358 e. The summed E-state index contributed by atoms with van der Waals surface area (Å²) < 4.78 is 0. The summed E-state index contributed by atoms with van der Waals surface area (Å²) in [5, 5.41) is 4.37. The summed E-state index contributed by atoms with van der Waals surface area (Å²) in [7, 11) is 0. The Balaban J connectivity index is 1.27.